The second-order valence-electron chi connectivity index (χ2n) is 7.94. The lowest BCUT2D eigenvalue weighted by molar-refractivity contribution is -0.134. The molecule has 1 fully saturated rings. The fraction of sp³-hybridized carbons (Fsp3) is 0.333. The Morgan fingerprint density at radius 2 is 1.88 bits per heavy atom. The summed E-state index contributed by atoms with van der Waals surface area (Å²) >= 11 is 0. The van der Waals surface area contributed by atoms with Crippen molar-refractivity contribution in [2.75, 3.05) is 32.1 Å². The summed E-state index contributed by atoms with van der Waals surface area (Å²) in [5, 5.41) is 5.88. The molecule has 2 N–H and O–H groups in total. The van der Waals surface area contributed by atoms with Gasteiger partial charge in [-0.1, -0.05) is 24.3 Å². The molecule has 4 rings (SSSR count). The van der Waals surface area contributed by atoms with E-state index in [1.54, 1.807) is 36.4 Å². The molecule has 0 bridgehead atoms. The number of para-hydroxylation sites is 1. The number of nitrogens with one attached hydrogen (secondary N) is 2. The van der Waals surface area contributed by atoms with Crippen LogP contribution in [-0.4, -0.2) is 52.8 Å². The van der Waals surface area contributed by atoms with Gasteiger partial charge in [0, 0.05) is 37.3 Å². The first-order valence-corrected chi connectivity index (χ1v) is 10.9. The van der Waals surface area contributed by atoms with Crippen LogP contribution in [0.4, 0.5) is 5.69 Å². The second kappa shape index (κ2) is 10.2. The number of fused-ring (bicyclic) bond motifs is 1. The molecule has 1 aliphatic rings. The van der Waals surface area contributed by atoms with Crippen molar-refractivity contribution in [2.24, 2.45) is 5.92 Å². The summed E-state index contributed by atoms with van der Waals surface area (Å²) in [6, 6.07) is 12.9. The molecule has 2 amide bonds. The number of aromatic nitrogens is 2. The molecule has 33 heavy (non-hydrogen) atoms. The van der Waals surface area contributed by atoms with Crippen molar-refractivity contribution in [2.45, 2.75) is 19.4 Å². The lowest BCUT2D eigenvalue weighted by atomic mass is 9.95. The molecule has 1 aliphatic heterocycles. The van der Waals surface area contributed by atoms with E-state index in [1.807, 2.05) is 24.3 Å². The first-order chi connectivity index (χ1) is 16.1. The Balaban J connectivity index is 1.25. The van der Waals surface area contributed by atoms with Gasteiger partial charge in [-0.2, -0.15) is 0 Å². The van der Waals surface area contributed by atoms with Crippen LogP contribution in [0.1, 0.15) is 18.4 Å². The number of amides is 2. The summed E-state index contributed by atoms with van der Waals surface area (Å²) in [6.45, 7) is 1.41. The van der Waals surface area contributed by atoms with Crippen LogP contribution >= 0.6 is 0 Å². The van der Waals surface area contributed by atoms with E-state index < -0.39 is 0 Å². The number of likely N-dealkylation sites (tertiary alicyclic amines) is 1. The highest BCUT2D eigenvalue weighted by Crippen LogP contribution is 2.20. The van der Waals surface area contributed by atoms with Crippen LogP contribution < -0.4 is 20.9 Å². The SMILES string of the molecule is COc1ccccc1CNC(=O)C1CCN(C(=O)CNc2cnc3ccccn3c2=O)CC1. The topological polar surface area (TPSA) is 105 Å². The van der Waals surface area contributed by atoms with Crippen molar-refractivity contribution < 1.29 is 14.3 Å². The van der Waals surface area contributed by atoms with Crippen molar-refractivity contribution in [3.63, 3.8) is 0 Å². The molecule has 3 heterocycles. The molecular weight excluding hydrogens is 422 g/mol. The van der Waals surface area contributed by atoms with Gasteiger partial charge in [0.05, 0.1) is 19.9 Å². The molecule has 3 aromatic rings. The summed E-state index contributed by atoms with van der Waals surface area (Å²) in [4.78, 5) is 43.7. The fourth-order valence-electron chi connectivity index (χ4n) is 4.00. The first kappa shape index (κ1) is 22.3. The molecular formula is C24H27N5O4. The normalized spacial score (nSPS) is 14.2. The molecule has 9 heteroatoms. The minimum Gasteiger partial charge on any atom is -0.496 e. The van der Waals surface area contributed by atoms with Crippen LogP contribution in [0.25, 0.3) is 5.65 Å². The molecule has 0 unspecified atom stereocenters. The predicted octanol–water partition coefficient (Wildman–Crippen LogP) is 1.67. The lowest BCUT2D eigenvalue weighted by Crippen LogP contribution is -2.44. The molecule has 0 spiro atoms. The zero-order valence-electron chi connectivity index (χ0n) is 18.5. The van der Waals surface area contributed by atoms with Crippen LogP contribution in [0.5, 0.6) is 5.75 Å². The van der Waals surface area contributed by atoms with Gasteiger partial charge < -0.3 is 20.3 Å². The third-order valence-corrected chi connectivity index (χ3v) is 5.91. The third-order valence-electron chi connectivity index (χ3n) is 5.91. The number of nitrogens with zero attached hydrogens (tertiary/aromatic N) is 3. The second-order valence-corrected chi connectivity index (χ2v) is 7.94. The van der Waals surface area contributed by atoms with Crippen LogP contribution in [0.3, 0.4) is 0 Å². The van der Waals surface area contributed by atoms with E-state index in [-0.39, 0.29) is 35.5 Å². The quantitative estimate of drug-likeness (QED) is 0.569. The molecule has 0 atom stereocenters. The van der Waals surface area contributed by atoms with Gasteiger partial charge in [-0.25, -0.2) is 4.98 Å². The summed E-state index contributed by atoms with van der Waals surface area (Å²) in [7, 11) is 1.61. The number of pyridine rings is 1. The maximum atomic E-state index is 12.6. The maximum Gasteiger partial charge on any atom is 0.281 e. The van der Waals surface area contributed by atoms with Gasteiger partial charge in [0.25, 0.3) is 5.56 Å². The van der Waals surface area contributed by atoms with Crippen LogP contribution in [0, 0.1) is 5.92 Å². The van der Waals surface area contributed by atoms with Crippen molar-refractivity contribution in [1.29, 1.82) is 0 Å². The summed E-state index contributed by atoms with van der Waals surface area (Å²) in [6.07, 6.45) is 4.29. The van der Waals surface area contributed by atoms with Gasteiger partial charge in [0.1, 0.15) is 17.1 Å². The Bertz CT molecular complexity index is 1200. The van der Waals surface area contributed by atoms with Gasteiger partial charge in [0.2, 0.25) is 11.8 Å². The number of hydrogen-bond donors (Lipinski definition) is 2. The monoisotopic (exact) mass is 449 g/mol. The van der Waals surface area contributed by atoms with E-state index in [2.05, 4.69) is 15.6 Å². The molecule has 9 nitrogen and oxygen atoms in total. The summed E-state index contributed by atoms with van der Waals surface area (Å²) < 4.78 is 6.75. The highest BCUT2D eigenvalue weighted by Gasteiger charge is 2.27. The van der Waals surface area contributed by atoms with Crippen LogP contribution in [-0.2, 0) is 16.1 Å². The first-order valence-electron chi connectivity index (χ1n) is 10.9. The zero-order chi connectivity index (χ0) is 23.2. The molecule has 0 radical (unpaired) electrons. The Labute approximate surface area is 191 Å². The Hall–Kier alpha value is -3.88. The number of methoxy groups -OCH3 is 1. The Kier molecular flexibility index (Phi) is 6.87. The molecule has 172 valence electrons. The standard InChI is InChI=1S/C24H27N5O4/c1-33-20-7-3-2-6-18(20)14-27-23(31)17-9-12-28(13-10-17)22(30)16-25-19-15-26-21-8-4-5-11-29(21)24(19)32/h2-8,11,15,17,25H,9-10,12-14,16H2,1H3,(H,27,31). The number of carbonyl (C=O) groups excluding carboxylic acids is 2. The summed E-state index contributed by atoms with van der Waals surface area (Å²) in [5.74, 6) is 0.486. The van der Waals surface area contributed by atoms with Gasteiger partial charge in [0.15, 0.2) is 0 Å². The molecule has 0 saturated carbocycles. The fourth-order valence-corrected chi connectivity index (χ4v) is 4.00. The van der Waals surface area contributed by atoms with E-state index in [4.69, 9.17) is 4.74 Å². The number of benzene rings is 1. The number of rotatable bonds is 7. The van der Waals surface area contributed by atoms with Crippen LogP contribution in [0.2, 0.25) is 0 Å². The smallest absolute Gasteiger partial charge is 0.281 e. The van der Waals surface area contributed by atoms with Gasteiger partial charge in [-0.05, 0) is 31.0 Å². The zero-order valence-corrected chi connectivity index (χ0v) is 18.5. The van der Waals surface area contributed by atoms with Gasteiger partial charge in [-0.3, -0.25) is 18.8 Å². The number of anilines is 1. The minimum atomic E-state index is -0.251. The average Bonchev–Trinajstić information content (AvgIpc) is 2.87. The van der Waals surface area contributed by atoms with Crippen molar-refractivity contribution in [1.82, 2.24) is 19.6 Å². The Morgan fingerprint density at radius 1 is 1.12 bits per heavy atom. The Morgan fingerprint density at radius 3 is 2.67 bits per heavy atom. The molecule has 2 aromatic heterocycles. The van der Waals surface area contributed by atoms with E-state index in [1.165, 1.54) is 10.6 Å². The van der Waals surface area contributed by atoms with Gasteiger partial charge >= 0.3 is 0 Å². The van der Waals surface area contributed by atoms with E-state index in [0.717, 1.165) is 11.3 Å². The van der Waals surface area contributed by atoms with Crippen molar-refractivity contribution >= 4 is 23.1 Å². The predicted molar refractivity (Wildman–Crippen MR) is 124 cm³/mol. The van der Waals surface area contributed by atoms with Crippen molar-refractivity contribution in [3.05, 3.63) is 70.8 Å². The average molecular weight is 450 g/mol. The maximum absolute atomic E-state index is 12.6. The number of piperidine rings is 1. The van der Waals surface area contributed by atoms with E-state index in [9.17, 15) is 14.4 Å². The van der Waals surface area contributed by atoms with Crippen LogP contribution in [0.15, 0.2) is 59.7 Å². The number of carbonyl (C=O) groups is 2. The van der Waals surface area contributed by atoms with Crippen molar-refractivity contribution in [3.8, 4) is 5.75 Å². The minimum absolute atomic E-state index is 0.000481. The lowest BCUT2D eigenvalue weighted by Gasteiger charge is -2.31. The summed E-state index contributed by atoms with van der Waals surface area (Å²) in [5.41, 5.74) is 1.49. The molecule has 1 saturated heterocycles. The number of ether oxygens (including phenoxy) is 1. The van der Waals surface area contributed by atoms with E-state index >= 15 is 0 Å². The molecule has 1 aromatic carbocycles. The third kappa shape index (κ3) is 5.14. The highest BCUT2D eigenvalue weighted by atomic mass is 16.5. The highest BCUT2D eigenvalue weighted by molar-refractivity contribution is 5.82. The van der Waals surface area contributed by atoms with E-state index in [0.29, 0.717) is 38.1 Å². The largest absolute Gasteiger partial charge is 0.496 e. The molecule has 0 aliphatic carbocycles. The number of hydrogen-bond acceptors (Lipinski definition) is 6. The van der Waals surface area contributed by atoms with Gasteiger partial charge in [-0.15, -0.1) is 0 Å².